The largest absolute Gasteiger partial charge is 0.497 e. The minimum absolute atomic E-state index is 0.0406. The van der Waals surface area contributed by atoms with Crippen molar-refractivity contribution in [3.8, 4) is 11.5 Å². The first kappa shape index (κ1) is 19.7. The molecule has 0 spiro atoms. The lowest BCUT2D eigenvalue weighted by Gasteiger charge is -2.11. The number of ketones is 1. The second-order valence-corrected chi connectivity index (χ2v) is 5.30. The first-order chi connectivity index (χ1) is 12.9. The van der Waals surface area contributed by atoms with Crippen molar-refractivity contribution in [1.29, 1.82) is 0 Å². The summed E-state index contributed by atoms with van der Waals surface area (Å²) in [6.45, 7) is -0.548. The average molecular weight is 374 g/mol. The van der Waals surface area contributed by atoms with Crippen LogP contribution < -0.4 is 14.8 Å². The topological polar surface area (TPSA) is 117 Å². The minimum Gasteiger partial charge on any atom is -0.497 e. The van der Waals surface area contributed by atoms with Crippen molar-refractivity contribution in [2.45, 2.75) is 0 Å². The van der Waals surface area contributed by atoms with Crippen LogP contribution in [0.3, 0.4) is 0 Å². The molecule has 0 radical (unpaired) electrons. The third kappa shape index (κ3) is 4.51. The van der Waals surface area contributed by atoms with Gasteiger partial charge in [0.1, 0.15) is 11.5 Å². The van der Waals surface area contributed by atoms with Crippen molar-refractivity contribution in [2.24, 2.45) is 0 Å². The molecule has 27 heavy (non-hydrogen) atoms. The zero-order valence-electron chi connectivity index (χ0n) is 15.0. The van der Waals surface area contributed by atoms with E-state index in [2.05, 4.69) is 5.32 Å². The predicted molar refractivity (Wildman–Crippen MR) is 96.8 cm³/mol. The van der Waals surface area contributed by atoms with Crippen LogP contribution in [-0.4, -0.2) is 44.6 Å². The van der Waals surface area contributed by atoms with Crippen molar-refractivity contribution >= 4 is 23.1 Å². The van der Waals surface area contributed by atoms with Gasteiger partial charge in [-0.3, -0.25) is 14.9 Å². The first-order valence-electron chi connectivity index (χ1n) is 7.79. The highest BCUT2D eigenvalue weighted by atomic mass is 16.6. The van der Waals surface area contributed by atoms with E-state index in [1.807, 2.05) is 0 Å². The third-order valence-corrected chi connectivity index (χ3v) is 3.75. The van der Waals surface area contributed by atoms with Gasteiger partial charge in [0.2, 0.25) is 5.78 Å². The maximum atomic E-state index is 12.4. The van der Waals surface area contributed by atoms with Crippen LogP contribution >= 0.6 is 0 Å². The summed E-state index contributed by atoms with van der Waals surface area (Å²) >= 11 is 0. The highest BCUT2D eigenvalue weighted by Gasteiger charge is 2.20. The Balaban J connectivity index is 2.17. The number of methoxy groups -OCH3 is 2. The van der Waals surface area contributed by atoms with Gasteiger partial charge in [-0.25, -0.2) is 4.79 Å². The van der Waals surface area contributed by atoms with Crippen LogP contribution in [0.2, 0.25) is 0 Å². The molecule has 0 saturated heterocycles. The molecule has 0 aliphatic heterocycles. The molecule has 142 valence electrons. The molecule has 9 nitrogen and oxygen atoms in total. The van der Waals surface area contributed by atoms with Gasteiger partial charge < -0.3 is 19.5 Å². The normalized spacial score (nSPS) is 10.0. The Hall–Kier alpha value is -3.62. The van der Waals surface area contributed by atoms with Crippen molar-refractivity contribution in [1.82, 2.24) is 0 Å². The Kier molecular flexibility index (Phi) is 6.32. The van der Waals surface area contributed by atoms with Crippen LogP contribution in [0, 0.1) is 10.1 Å². The third-order valence-electron chi connectivity index (χ3n) is 3.75. The van der Waals surface area contributed by atoms with Crippen molar-refractivity contribution in [2.75, 3.05) is 33.2 Å². The van der Waals surface area contributed by atoms with Gasteiger partial charge in [-0.15, -0.1) is 0 Å². The molecule has 0 unspecified atom stereocenters. The van der Waals surface area contributed by atoms with Crippen LogP contribution in [0.4, 0.5) is 11.4 Å². The quantitative estimate of drug-likeness (QED) is 0.324. The van der Waals surface area contributed by atoms with E-state index in [9.17, 15) is 19.7 Å². The maximum Gasteiger partial charge on any atom is 0.340 e. The van der Waals surface area contributed by atoms with E-state index < -0.39 is 23.3 Å². The fourth-order valence-electron chi connectivity index (χ4n) is 2.35. The Morgan fingerprint density at radius 1 is 1.07 bits per heavy atom. The van der Waals surface area contributed by atoms with Crippen molar-refractivity contribution in [3.63, 3.8) is 0 Å². The summed E-state index contributed by atoms with van der Waals surface area (Å²) in [7, 11) is 4.45. The van der Waals surface area contributed by atoms with E-state index >= 15 is 0 Å². The Morgan fingerprint density at radius 3 is 2.41 bits per heavy atom. The predicted octanol–water partition coefficient (Wildman–Crippen LogP) is 2.69. The number of ether oxygens (including phenoxy) is 3. The molecule has 2 rings (SSSR count). The number of carbonyl (C=O) groups is 2. The highest BCUT2D eigenvalue weighted by molar-refractivity contribution is 6.02. The lowest BCUT2D eigenvalue weighted by molar-refractivity contribution is -0.384. The van der Waals surface area contributed by atoms with E-state index in [0.29, 0.717) is 11.4 Å². The smallest absolute Gasteiger partial charge is 0.340 e. The number of nitro benzene ring substituents is 1. The summed E-state index contributed by atoms with van der Waals surface area (Å²) < 4.78 is 15.3. The number of nitrogens with one attached hydrogen (secondary N) is 1. The highest BCUT2D eigenvalue weighted by Crippen LogP contribution is 2.26. The van der Waals surface area contributed by atoms with Gasteiger partial charge in [-0.2, -0.15) is 0 Å². The van der Waals surface area contributed by atoms with Crippen LogP contribution in [-0.2, 0) is 4.74 Å². The maximum absolute atomic E-state index is 12.4. The average Bonchev–Trinajstić information content (AvgIpc) is 2.70. The van der Waals surface area contributed by atoms with E-state index in [1.165, 1.54) is 38.5 Å². The van der Waals surface area contributed by atoms with Crippen LogP contribution in [0.1, 0.15) is 20.7 Å². The molecule has 0 aromatic heterocycles. The van der Waals surface area contributed by atoms with Gasteiger partial charge in [-0.1, -0.05) is 0 Å². The zero-order chi connectivity index (χ0) is 20.0. The van der Waals surface area contributed by atoms with Gasteiger partial charge >= 0.3 is 5.97 Å². The molecule has 0 fully saturated rings. The summed E-state index contributed by atoms with van der Waals surface area (Å²) in [4.78, 5) is 35.0. The van der Waals surface area contributed by atoms with Gasteiger partial charge in [-0.05, 0) is 18.2 Å². The van der Waals surface area contributed by atoms with E-state index in [1.54, 1.807) is 13.1 Å². The molecule has 0 bridgehead atoms. The summed E-state index contributed by atoms with van der Waals surface area (Å²) in [6, 6.07) is 8.36. The Labute approximate surface area is 155 Å². The molecule has 0 saturated carbocycles. The number of hydrogen-bond donors (Lipinski definition) is 1. The van der Waals surface area contributed by atoms with Gasteiger partial charge in [0.05, 0.1) is 30.3 Å². The SMILES string of the molecule is CNc1ccc([N+](=O)[O-])cc1C(=O)OCC(=O)c1ccc(OC)cc1OC. The summed E-state index contributed by atoms with van der Waals surface area (Å²) in [5, 5.41) is 13.7. The molecule has 9 heteroatoms. The standard InChI is InChI=1S/C18H18N2O7/c1-19-15-7-4-11(20(23)24)8-14(15)18(22)27-10-16(21)13-6-5-12(25-2)9-17(13)26-3/h4-9,19H,10H2,1-3H3. The lowest BCUT2D eigenvalue weighted by atomic mass is 10.1. The Morgan fingerprint density at radius 2 is 1.81 bits per heavy atom. The van der Waals surface area contributed by atoms with Crippen LogP contribution in [0.15, 0.2) is 36.4 Å². The molecule has 1 N–H and O–H groups in total. The number of anilines is 1. The fraction of sp³-hybridized carbons (Fsp3) is 0.222. The number of rotatable bonds is 8. The first-order valence-corrected chi connectivity index (χ1v) is 7.79. The van der Waals surface area contributed by atoms with E-state index in [-0.39, 0.29) is 22.6 Å². The monoisotopic (exact) mass is 374 g/mol. The van der Waals surface area contributed by atoms with Gasteiger partial charge in [0.15, 0.2) is 6.61 Å². The van der Waals surface area contributed by atoms with Crippen molar-refractivity contribution < 1.29 is 28.7 Å². The number of carbonyl (C=O) groups excluding carboxylic acids is 2. The number of nitrogens with zero attached hydrogens (tertiary/aromatic N) is 1. The number of benzene rings is 2. The second kappa shape index (κ2) is 8.65. The summed E-state index contributed by atoms with van der Waals surface area (Å²) in [5.41, 5.74) is 0.268. The summed E-state index contributed by atoms with van der Waals surface area (Å²) in [5.74, 6) is -0.555. The van der Waals surface area contributed by atoms with Gasteiger partial charge in [0.25, 0.3) is 5.69 Å². The number of nitro groups is 1. The van der Waals surface area contributed by atoms with Crippen LogP contribution in [0.5, 0.6) is 11.5 Å². The molecule has 0 atom stereocenters. The molecule has 0 aliphatic rings. The molecule has 0 amide bonds. The molecule has 2 aromatic rings. The Bertz CT molecular complexity index is 880. The number of esters is 1. The second-order valence-electron chi connectivity index (χ2n) is 5.30. The van der Waals surface area contributed by atoms with E-state index in [4.69, 9.17) is 14.2 Å². The minimum atomic E-state index is -0.858. The molecule has 0 aliphatic carbocycles. The lowest BCUT2D eigenvalue weighted by Crippen LogP contribution is -2.16. The molecule has 0 heterocycles. The van der Waals surface area contributed by atoms with Gasteiger partial charge in [0, 0.05) is 30.9 Å². The van der Waals surface area contributed by atoms with Crippen molar-refractivity contribution in [3.05, 3.63) is 57.6 Å². The molecule has 2 aromatic carbocycles. The summed E-state index contributed by atoms with van der Waals surface area (Å²) in [6.07, 6.45) is 0. The van der Waals surface area contributed by atoms with E-state index in [0.717, 1.165) is 6.07 Å². The number of Topliss-reactive ketones (excluding diaryl/α,β-unsaturated/α-hetero) is 1. The number of hydrogen-bond acceptors (Lipinski definition) is 8. The van der Waals surface area contributed by atoms with Crippen LogP contribution in [0.25, 0.3) is 0 Å². The zero-order valence-corrected chi connectivity index (χ0v) is 15.0. The number of non-ortho nitro benzene ring substituents is 1. The molecular weight excluding hydrogens is 356 g/mol. The molecular formula is C18H18N2O7. The fourth-order valence-corrected chi connectivity index (χ4v) is 2.35.